The van der Waals surface area contributed by atoms with Gasteiger partial charge in [-0.05, 0) is 43.5 Å². The van der Waals surface area contributed by atoms with Crippen LogP contribution in [0, 0.1) is 12.7 Å². The van der Waals surface area contributed by atoms with Crippen molar-refractivity contribution in [2.75, 3.05) is 19.7 Å². The molecular formula is C20H21FN2O2. The molecule has 2 fully saturated rings. The molecule has 0 N–H and O–H groups in total. The number of carbonyl (C=O) groups is 1. The van der Waals surface area contributed by atoms with Crippen LogP contribution in [-0.4, -0.2) is 35.5 Å². The van der Waals surface area contributed by atoms with E-state index in [0.717, 1.165) is 11.3 Å². The summed E-state index contributed by atoms with van der Waals surface area (Å²) in [5.41, 5.74) is 1.81. The van der Waals surface area contributed by atoms with Gasteiger partial charge in [0.2, 0.25) is 5.91 Å². The van der Waals surface area contributed by atoms with Gasteiger partial charge in [-0.3, -0.25) is 9.78 Å². The maximum absolute atomic E-state index is 14.2. The number of aromatic nitrogens is 1. The fourth-order valence-electron chi connectivity index (χ4n) is 3.68. The van der Waals surface area contributed by atoms with E-state index in [1.165, 1.54) is 6.07 Å². The largest absolute Gasteiger partial charge is 0.370 e. The van der Waals surface area contributed by atoms with Gasteiger partial charge in [0, 0.05) is 24.0 Å². The van der Waals surface area contributed by atoms with Crippen LogP contribution in [0.15, 0.2) is 42.6 Å². The number of carbonyl (C=O) groups excluding carboxylic acids is 1. The molecule has 130 valence electrons. The first-order chi connectivity index (χ1) is 12.1. The topological polar surface area (TPSA) is 42.4 Å². The Balaban J connectivity index is 1.56. The molecule has 0 bridgehead atoms. The number of ether oxygens (including phenoxy) is 1. The van der Waals surface area contributed by atoms with Crippen LogP contribution in [0.3, 0.4) is 0 Å². The molecule has 5 heteroatoms. The van der Waals surface area contributed by atoms with Gasteiger partial charge < -0.3 is 9.64 Å². The van der Waals surface area contributed by atoms with Crippen molar-refractivity contribution in [1.82, 2.24) is 9.88 Å². The molecule has 2 aliphatic rings. The fourth-order valence-corrected chi connectivity index (χ4v) is 3.68. The lowest BCUT2D eigenvalue weighted by molar-refractivity contribution is -0.141. The number of morpholine rings is 1. The number of benzene rings is 1. The second kappa shape index (κ2) is 6.23. The van der Waals surface area contributed by atoms with E-state index in [4.69, 9.17) is 4.74 Å². The van der Waals surface area contributed by atoms with E-state index >= 15 is 0 Å². The number of rotatable bonds is 3. The molecule has 2 aromatic rings. The molecule has 1 aromatic carbocycles. The van der Waals surface area contributed by atoms with Crippen molar-refractivity contribution in [1.29, 1.82) is 0 Å². The molecule has 2 heterocycles. The minimum absolute atomic E-state index is 0.0247. The number of nitrogens with zero attached hydrogens (tertiary/aromatic N) is 2. The molecule has 0 spiro atoms. The Morgan fingerprint density at radius 3 is 2.84 bits per heavy atom. The summed E-state index contributed by atoms with van der Waals surface area (Å²) in [4.78, 5) is 19.2. The van der Waals surface area contributed by atoms with E-state index in [9.17, 15) is 9.18 Å². The third-order valence-corrected chi connectivity index (χ3v) is 5.19. The van der Waals surface area contributed by atoms with Crippen molar-refractivity contribution in [2.45, 2.75) is 31.3 Å². The average molecular weight is 340 g/mol. The third-order valence-electron chi connectivity index (χ3n) is 5.19. The highest BCUT2D eigenvalue weighted by molar-refractivity contribution is 5.91. The Labute approximate surface area is 146 Å². The fraction of sp³-hybridized carbons (Fsp3) is 0.400. The van der Waals surface area contributed by atoms with Gasteiger partial charge in [-0.2, -0.15) is 0 Å². The minimum atomic E-state index is -0.679. The molecule has 25 heavy (non-hydrogen) atoms. The average Bonchev–Trinajstić information content (AvgIpc) is 3.43. The Hall–Kier alpha value is -2.27. The van der Waals surface area contributed by atoms with Crippen molar-refractivity contribution in [2.24, 2.45) is 0 Å². The normalized spacial score (nSPS) is 21.8. The third kappa shape index (κ3) is 2.93. The minimum Gasteiger partial charge on any atom is -0.370 e. The predicted molar refractivity (Wildman–Crippen MR) is 91.6 cm³/mol. The number of hydrogen-bond acceptors (Lipinski definition) is 3. The molecule has 1 aliphatic carbocycles. The molecule has 1 saturated carbocycles. The van der Waals surface area contributed by atoms with Crippen molar-refractivity contribution in [3.63, 3.8) is 0 Å². The summed E-state index contributed by atoms with van der Waals surface area (Å²) in [5, 5.41) is 0. The molecule has 0 unspecified atom stereocenters. The smallest absolute Gasteiger partial charge is 0.233 e. The molecule has 1 atom stereocenters. The maximum Gasteiger partial charge on any atom is 0.233 e. The molecule has 1 amide bonds. The van der Waals surface area contributed by atoms with E-state index < -0.39 is 5.41 Å². The second-order valence-corrected chi connectivity index (χ2v) is 6.90. The highest BCUT2D eigenvalue weighted by atomic mass is 19.1. The summed E-state index contributed by atoms with van der Waals surface area (Å²) in [5.74, 6) is -0.264. The molecule has 1 aliphatic heterocycles. The van der Waals surface area contributed by atoms with Crippen LogP contribution in [0.5, 0.6) is 0 Å². The summed E-state index contributed by atoms with van der Waals surface area (Å²) >= 11 is 0. The van der Waals surface area contributed by atoms with Gasteiger partial charge in [0.25, 0.3) is 0 Å². The van der Waals surface area contributed by atoms with Gasteiger partial charge in [0.05, 0.1) is 18.6 Å². The highest BCUT2D eigenvalue weighted by Crippen LogP contribution is 2.50. The Bertz CT molecular complexity index is 804. The lowest BCUT2D eigenvalue weighted by Crippen LogP contribution is -2.47. The quantitative estimate of drug-likeness (QED) is 0.862. The van der Waals surface area contributed by atoms with Crippen molar-refractivity contribution >= 4 is 5.91 Å². The Morgan fingerprint density at radius 1 is 1.32 bits per heavy atom. The first-order valence-corrected chi connectivity index (χ1v) is 8.69. The first kappa shape index (κ1) is 16.2. The number of pyridine rings is 1. The SMILES string of the molecule is Cc1cc([C@H]2CN(C(=O)C3(c4ccccc4F)CC3)CCO2)ccn1. The van der Waals surface area contributed by atoms with E-state index in [1.54, 1.807) is 24.4 Å². The lowest BCUT2D eigenvalue weighted by Gasteiger charge is -2.35. The zero-order valence-electron chi connectivity index (χ0n) is 14.2. The van der Waals surface area contributed by atoms with Crippen LogP contribution in [0.2, 0.25) is 0 Å². The number of amides is 1. The molecule has 4 nitrogen and oxygen atoms in total. The Morgan fingerprint density at radius 2 is 2.12 bits per heavy atom. The molecule has 1 aromatic heterocycles. The van der Waals surface area contributed by atoms with Gasteiger partial charge in [-0.25, -0.2) is 4.39 Å². The number of hydrogen-bond donors (Lipinski definition) is 0. The molecular weight excluding hydrogens is 319 g/mol. The van der Waals surface area contributed by atoms with Gasteiger partial charge in [-0.1, -0.05) is 18.2 Å². The van der Waals surface area contributed by atoms with Crippen LogP contribution in [0.25, 0.3) is 0 Å². The summed E-state index contributed by atoms with van der Waals surface area (Å²) in [6.45, 7) is 3.48. The van der Waals surface area contributed by atoms with Crippen LogP contribution in [-0.2, 0) is 14.9 Å². The lowest BCUT2D eigenvalue weighted by atomic mass is 9.93. The molecule has 1 saturated heterocycles. The zero-order chi connectivity index (χ0) is 17.4. The summed E-state index contributed by atoms with van der Waals surface area (Å²) in [7, 11) is 0. The van der Waals surface area contributed by atoms with Gasteiger partial charge >= 0.3 is 0 Å². The van der Waals surface area contributed by atoms with E-state index in [-0.39, 0.29) is 17.8 Å². The van der Waals surface area contributed by atoms with Crippen molar-refractivity contribution < 1.29 is 13.9 Å². The van der Waals surface area contributed by atoms with Gasteiger partial charge in [0.15, 0.2) is 0 Å². The van der Waals surface area contributed by atoms with Gasteiger partial charge in [-0.15, -0.1) is 0 Å². The summed E-state index contributed by atoms with van der Waals surface area (Å²) in [6.07, 6.45) is 3.03. The second-order valence-electron chi connectivity index (χ2n) is 6.90. The number of halogens is 1. The zero-order valence-corrected chi connectivity index (χ0v) is 14.2. The van der Waals surface area contributed by atoms with Crippen LogP contribution in [0.4, 0.5) is 4.39 Å². The summed E-state index contributed by atoms with van der Waals surface area (Å²) < 4.78 is 20.1. The van der Waals surface area contributed by atoms with Crippen LogP contribution in [0.1, 0.15) is 35.8 Å². The first-order valence-electron chi connectivity index (χ1n) is 8.69. The highest BCUT2D eigenvalue weighted by Gasteiger charge is 2.54. The Kier molecular flexibility index (Phi) is 4.04. The van der Waals surface area contributed by atoms with Crippen LogP contribution < -0.4 is 0 Å². The molecule has 4 rings (SSSR count). The van der Waals surface area contributed by atoms with E-state index in [0.29, 0.717) is 38.1 Å². The van der Waals surface area contributed by atoms with Crippen molar-refractivity contribution in [3.05, 3.63) is 65.2 Å². The molecule has 0 radical (unpaired) electrons. The monoisotopic (exact) mass is 340 g/mol. The van der Waals surface area contributed by atoms with E-state index in [2.05, 4.69) is 4.98 Å². The predicted octanol–water partition coefficient (Wildman–Crippen LogP) is 3.16. The van der Waals surface area contributed by atoms with Crippen LogP contribution >= 0.6 is 0 Å². The van der Waals surface area contributed by atoms with Gasteiger partial charge in [0.1, 0.15) is 11.9 Å². The summed E-state index contributed by atoms with van der Waals surface area (Å²) in [6, 6.07) is 10.6. The maximum atomic E-state index is 14.2. The number of aryl methyl sites for hydroxylation is 1. The standard InChI is InChI=1S/C20H21FN2O2/c1-14-12-15(6-9-22-14)18-13-23(10-11-25-18)19(24)20(7-8-20)16-4-2-3-5-17(16)21/h2-6,9,12,18H,7-8,10-11,13H2,1H3/t18-/m1/s1. The van der Waals surface area contributed by atoms with Crippen molar-refractivity contribution in [3.8, 4) is 0 Å². The van der Waals surface area contributed by atoms with E-state index in [1.807, 2.05) is 24.0 Å².